The molecule has 0 aliphatic carbocycles. The zero-order valence-corrected chi connectivity index (χ0v) is 24.6. The van der Waals surface area contributed by atoms with E-state index in [1.165, 1.54) is 0 Å². The summed E-state index contributed by atoms with van der Waals surface area (Å²) < 4.78 is 23.7. The maximum absolute atomic E-state index is 6.02. The number of ether oxygens (including phenoxy) is 4. The van der Waals surface area contributed by atoms with E-state index in [0.29, 0.717) is 26.4 Å². The summed E-state index contributed by atoms with van der Waals surface area (Å²) in [5.41, 5.74) is 5.64. The lowest BCUT2D eigenvalue weighted by Crippen LogP contribution is -2.09. The number of aromatic nitrogens is 2. The standard InChI is InChI=1S/C38H34N2O4/c1-2-4-24-42-33-17-19-34(20-18-33)44-26-25-43-32-15-9-28(10-16-32)36-22-12-30-6-5-29-11-21-35(39-37(29)38(30)40-36)27-7-13-31(14-8-27)41-23-3-1/h5-22H,1-4,23-26H2. The van der Waals surface area contributed by atoms with Crippen LogP contribution in [-0.2, 0) is 0 Å². The van der Waals surface area contributed by atoms with Gasteiger partial charge in [0.1, 0.15) is 36.2 Å². The molecule has 4 aliphatic heterocycles. The number of hydrogen-bond donors (Lipinski definition) is 0. The smallest absolute Gasteiger partial charge is 0.122 e. The van der Waals surface area contributed by atoms with Crippen LogP contribution in [-0.4, -0.2) is 36.4 Å². The molecule has 44 heavy (non-hydrogen) atoms. The van der Waals surface area contributed by atoms with E-state index < -0.39 is 0 Å². The van der Waals surface area contributed by atoms with Gasteiger partial charge in [-0.1, -0.05) is 24.3 Å². The van der Waals surface area contributed by atoms with E-state index in [1.807, 2.05) is 60.7 Å². The van der Waals surface area contributed by atoms with Gasteiger partial charge in [0, 0.05) is 21.9 Å². The van der Waals surface area contributed by atoms with Crippen LogP contribution in [0.4, 0.5) is 0 Å². The van der Waals surface area contributed by atoms with Crippen LogP contribution >= 0.6 is 0 Å². The fourth-order valence-corrected chi connectivity index (χ4v) is 5.42. The Morgan fingerprint density at radius 2 is 0.682 bits per heavy atom. The van der Waals surface area contributed by atoms with Crippen LogP contribution < -0.4 is 18.9 Å². The zero-order chi connectivity index (χ0) is 29.6. The van der Waals surface area contributed by atoms with Gasteiger partial charge in [0.25, 0.3) is 0 Å². The summed E-state index contributed by atoms with van der Waals surface area (Å²) in [5, 5.41) is 2.12. The highest BCUT2D eigenvalue weighted by Crippen LogP contribution is 2.30. The summed E-state index contributed by atoms with van der Waals surface area (Å²) in [6.07, 6.45) is 4.22. The van der Waals surface area contributed by atoms with Crippen molar-refractivity contribution < 1.29 is 18.9 Å². The minimum Gasteiger partial charge on any atom is -0.494 e. The van der Waals surface area contributed by atoms with Crippen molar-refractivity contribution in [2.45, 2.75) is 25.7 Å². The third-order valence-electron chi connectivity index (χ3n) is 7.84. The molecule has 220 valence electrons. The summed E-state index contributed by atoms with van der Waals surface area (Å²) in [6.45, 7) is 2.29. The topological polar surface area (TPSA) is 62.7 Å². The third-order valence-corrected chi connectivity index (χ3v) is 7.84. The first-order chi connectivity index (χ1) is 21.8. The third kappa shape index (κ3) is 6.45. The van der Waals surface area contributed by atoms with E-state index >= 15 is 0 Å². The predicted octanol–water partition coefficient (Wildman–Crippen LogP) is 8.91. The second-order valence-corrected chi connectivity index (χ2v) is 10.9. The Balaban J connectivity index is 1.15. The Labute approximate surface area is 257 Å². The molecule has 0 N–H and O–H groups in total. The summed E-state index contributed by atoms with van der Waals surface area (Å²) in [6, 6.07) is 36.6. The Kier molecular flexibility index (Phi) is 8.22. The molecular weight excluding hydrogens is 548 g/mol. The molecule has 6 nitrogen and oxygen atoms in total. The van der Waals surface area contributed by atoms with Crippen molar-refractivity contribution >= 4 is 21.8 Å². The van der Waals surface area contributed by atoms with Crippen LogP contribution in [0.25, 0.3) is 44.3 Å². The number of rotatable bonds is 0. The van der Waals surface area contributed by atoms with E-state index in [9.17, 15) is 0 Å². The Morgan fingerprint density at radius 3 is 1.09 bits per heavy atom. The summed E-state index contributed by atoms with van der Waals surface area (Å²) in [5.74, 6) is 3.31. The van der Waals surface area contributed by atoms with Gasteiger partial charge in [-0.25, -0.2) is 9.97 Å². The first-order valence-corrected chi connectivity index (χ1v) is 15.3. The molecule has 4 aliphatic rings. The lowest BCUT2D eigenvalue weighted by Gasteiger charge is -2.11. The molecule has 6 heteroatoms. The molecule has 0 saturated carbocycles. The SMILES string of the molecule is c1cc2ccc1OCCCCCCOc1ccc(cc1)-c1ccc3ccc4ccc(nc4c3n1)-c1ccc(cc1)OCCO2. The number of pyridine rings is 2. The van der Waals surface area contributed by atoms with Gasteiger partial charge >= 0.3 is 0 Å². The van der Waals surface area contributed by atoms with Crippen molar-refractivity contribution in [1.82, 2.24) is 9.97 Å². The summed E-state index contributed by atoms with van der Waals surface area (Å²) >= 11 is 0. The average Bonchev–Trinajstić information content (AvgIpc) is 3.08. The van der Waals surface area contributed by atoms with Gasteiger partial charge in [0.2, 0.25) is 0 Å². The maximum Gasteiger partial charge on any atom is 0.122 e. The molecule has 10 bridgehead atoms. The number of benzene rings is 4. The highest BCUT2D eigenvalue weighted by atomic mass is 16.5. The molecule has 0 atom stereocenters. The van der Waals surface area contributed by atoms with Crippen molar-refractivity contribution in [2.75, 3.05) is 26.4 Å². The average molecular weight is 583 g/mol. The second-order valence-electron chi connectivity index (χ2n) is 10.9. The van der Waals surface area contributed by atoms with E-state index in [2.05, 4.69) is 48.5 Å². The van der Waals surface area contributed by atoms with E-state index in [-0.39, 0.29) is 0 Å². The Hall–Kier alpha value is -5.10. The van der Waals surface area contributed by atoms with Gasteiger partial charge in [0.15, 0.2) is 0 Å². The molecule has 0 spiro atoms. The molecule has 0 fully saturated rings. The molecule has 6 aromatic rings. The van der Waals surface area contributed by atoms with Crippen LogP contribution in [0.1, 0.15) is 25.7 Å². The lowest BCUT2D eigenvalue weighted by molar-refractivity contribution is 0.217. The van der Waals surface area contributed by atoms with Crippen molar-refractivity contribution in [2.24, 2.45) is 0 Å². The normalized spacial score (nSPS) is 14.4. The minimum atomic E-state index is 0.444. The molecule has 6 heterocycles. The van der Waals surface area contributed by atoms with Gasteiger partial charge in [-0.2, -0.15) is 0 Å². The monoisotopic (exact) mass is 582 g/mol. The van der Waals surface area contributed by atoms with Crippen LogP contribution in [0.5, 0.6) is 23.0 Å². The molecule has 10 rings (SSSR count). The van der Waals surface area contributed by atoms with Crippen LogP contribution in [0.3, 0.4) is 0 Å². The van der Waals surface area contributed by atoms with E-state index in [1.54, 1.807) is 0 Å². The van der Waals surface area contributed by atoms with Crippen molar-refractivity contribution in [3.8, 4) is 45.5 Å². The number of nitrogens with zero attached hydrogens (tertiary/aromatic N) is 2. The molecule has 2 aromatic heterocycles. The molecule has 0 amide bonds. The largest absolute Gasteiger partial charge is 0.494 e. The summed E-state index contributed by atoms with van der Waals surface area (Å²) in [7, 11) is 0. The van der Waals surface area contributed by atoms with Gasteiger partial charge in [0.05, 0.1) is 35.6 Å². The number of fused-ring (bicyclic) bond motifs is 2. The van der Waals surface area contributed by atoms with Crippen molar-refractivity contribution in [3.05, 3.63) is 109 Å². The number of hydrogen-bond acceptors (Lipinski definition) is 6. The molecule has 0 unspecified atom stereocenters. The van der Waals surface area contributed by atoms with E-state index in [0.717, 1.165) is 93.0 Å². The fraction of sp³-hybridized carbons (Fsp3) is 0.211. The molecule has 0 radical (unpaired) electrons. The first-order valence-electron chi connectivity index (χ1n) is 15.3. The van der Waals surface area contributed by atoms with E-state index in [4.69, 9.17) is 28.9 Å². The van der Waals surface area contributed by atoms with Crippen molar-refractivity contribution in [1.29, 1.82) is 0 Å². The minimum absolute atomic E-state index is 0.444. The first kappa shape index (κ1) is 27.7. The van der Waals surface area contributed by atoms with Crippen LogP contribution in [0.2, 0.25) is 0 Å². The lowest BCUT2D eigenvalue weighted by atomic mass is 10.1. The molecule has 4 aromatic carbocycles. The highest BCUT2D eigenvalue weighted by Gasteiger charge is 2.10. The maximum atomic E-state index is 6.02. The molecular formula is C38H34N2O4. The highest BCUT2D eigenvalue weighted by molar-refractivity contribution is 6.04. The quantitative estimate of drug-likeness (QED) is 0.167. The predicted molar refractivity (Wildman–Crippen MR) is 175 cm³/mol. The Bertz CT molecular complexity index is 1850. The van der Waals surface area contributed by atoms with Crippen LogP contribution in [0.15, 0.2) is 109 Å². The van der Waals surface area contributed by atoms with Crippen LogP contribution in [0, 0.1) is 0 Å². The van der Waals surface area contributed by atoms with Gasteiger partial charge in [-0.3, -0.25) is 0 Å². The fourth-order valence-electron chi connectivity index (χ4n) is 5.42. The van der Waals surface area contributed by atoms with Gasteiger partial charge < -0.3 is 18.9 Å². The van der Waals surface area contributed by atoms with Gasteiger partial charge in [-0.15, -0.1) is 0 Å². The second kappa shape index (κ2) is 13.0. The Morgan fingerprint density at radius 1 is 0.341 bits per heavy atom. The van der Waals surface area contributed by atoms with Gasteiger partial charge in [-0.05, 0) is 111 Å². The van der Waals surface area contributed by atoms with Crippen molar-refractivity contribution in [3.63, 3.8) is 0 Å². The molecule has 0 saturated heterocycles. The summed E-state index contributed by atoms with van der Waals surface area (Å²) in [4.78, 5) is 10.2. The zero-order valence-electron chi connectivity index (χ0n) is 24.6.